The Morgan fingerprint density at radius 1 is 0.935 bits per heavy atom. The van der Waals surface area contributed by atoms with Crippen molar-refractivity contribution in [2.45, 2.75) is 6.92 Å². The fourth-order valence-electron chi connectivity index (χ4n) is 3.63. The highest BCUT2D eigenvalue weighted by Crippen LogP contribution is 2.36. The molecular formula is C24H18N4O2S. The summed E-state index contributed by atoms with van der Waals surface area (Å²) in [5.74, 6) is -0.333. The van der Waals surface area contributed by atoms with Gasteiger partial charge < -0.3 is 0 Å². The molecular weight excluding hydrogens is 408 g/mol. The molecule has 0 atom stereocenters. The minimum absolute atomic E-state index is 0.209. The zero-order chi connectivity index (χ0) is 21.5. The third-order valence-electron chi connectivity index (χ3n) is 5.19. The van der Waals surface area contributed by atoms with Gasteiger partial charge in [0.05, 0.1) is 21.3 Å². The maximum Gasteiger partial charge on any atom is 0.285 e. The maximum absolute atomic E-state index is 14.0. The predicted molar refractivity (Wildman–Crippen MR) is 124 cm³/mol. The molecule has 31 heavy (non-hydrogen) atoms. The van der Waals surface area contributed by atoms with Gasteiger partial charge in [-0.2, -0.15) is 5.10 Å². The average Bonchev–Trinajstić information content (AvgIpc) is 3.21. The van der Waals surface area contributed by atoms with Gasteiger partial charge in [0.1, 0.15) is 0 Å². The zero-order valence-electron chi connectivity index (χ0n) is 16.9. The number of rotatable bonds is 3. The number of carbonyl (C=O) groups excluding carboxylic acids is 1. The van der Waals surface area contributed by atoms with Gasteiger partial charge in [0, 0.05) is 12.4 Å². The summed E-state index contributed by atoms with van der Waals surface area (Å²) in [4.78, 5) is 32.8. The lowest BCUT2D eigenvalue weighted by Gasteiger charge is -2.22. The Labute approximate surface area is 182 Å². The molecule has 6 nitrogen and oxygen atoms in total. The maximum atomic E-state index is 14.0. The van der Waals surface area contributed by atoms with E-state index in [0.29, 0.717) is 15.9 Å². The van der Waals surface area contributed by atoms with Crippen molar-refractivity contribution in [2.24, 2.45) is 7.05 Å². The van der Waals surface area contributed by atoms with Gasteiger partial charge in [0.15, 0.2) is 10.8 Å². The van der Waals surface area contributed by atoms with Crippen LogP contribution >= 0.6 is 11.3 Å². The topological polar surface area (TPSA) is 68.1 Å². The number of benzene rings is 3. The van der Waals surface area contributed by atoms with E-state index in [0.717, 1.165) is 21.5 Å². The van der Waals surface area contributed by atoms with Crippen LogP contribution in [0.1, 0.15) is 16.1 Å². The third-order valence-corrected chi connectivity index (χ3v) is 6.21. The van der Waals surface area contributed by atoms with Crippen molar-refractivity contribution in [3.63, 3.8) is 0 Å². The monoisotopic (exact) mass is 426 g/mol. The number of thiazole rings is 1. The number of aromatic nitrogens is 3. The van der Waals surface area contributed by atoms with Crippen LogP contribution in [-0.2, 0) is 7.05 Å². The SMILES string of the molecule is Cc1ccccc1N(C(=O)c1nn(C)c(=O)c2ccccc12)c1nc2ccccc2s1. The molecule has 0 aliphatic heterocycles. The van der Waals surface area contributed by atoms with E-state index < -0.39 is 0 Å². The Morgan fingerprint density at radius 2 is 1.61 bits per heavy atom. The van der Waals surface area contributed by atoms with Crippen LogP contribution in [0.2, 0.25) is 0 Å². The first-order valence-corrected chi connectivity index (χ1v) is 10.6. The molecule has 3 aromatic carbocycles. The minimum atomic E-state index is -0.333. The summed E-state index contributed by atoms with van der Waals surface area (Å²) in [5.41, 5.74) is 2.46. The number of nitrogens with zero attached hydrogens (tertiary/aromatic N) is 4. The Balaban J connectivity index is 1.77. The lowest BCUT2D eigenvalue weighted by Crippen LogP contribution is -2.31. The number of hydrogen-bond donors (Lipinski definition) is 0. The number of hydrogen-bond acceptors (Lipinski definition) is 5. The largest absolute Gasteiger partial charge is 0.285 e. The first-order valence-electron chi connectivity index (χ1n) is 9.76. The van der Waals surface area contributed by atoms with Crippen molar-refractivity contribution in [3.05, 3.63) is 94.4 Å². The Hall–Kier alpha value is -3.84. The fourth-order valence-corrected chi connectivity index (χ4v) is 4.61. The summed E-state index contributed by atoms with van der Waals surface area (Å²) in [7, 11) is 1.56. The van der Waals surface area contributed by atoms with Crippen molar-refractivity contribution >= 4 is 49.1 Å². The molecule has 0 saturated heterocycles. The highest BCUT2D eigenvalue weighted by Gasteiger charge is 2.28. The first kappa shape index (κ1) is 19.1. The Morgan fingerprint density at radius 3 is 2.39 bits per heavy atom. The Bertz CT molecular complexity index is 1490. The number of amides is 1. The number of carbonyl (C=O) groups is 1. The second kappa shape index (κ2) is 7.45. The fraction of sp³-hybridized carbons (Fsp3) is 0.0833. The number of aryl methyl sites for hydroxylation is 2. The van der Waals surface area contributed by atoms with E-state index in [1.54, 1.807) is 36.2 Å². The van der Waals surface area contributed by atoms with E-state index in [1.165, 1.54) is 16.0 Å². The van der Waals surface area contributed by atoms with Gasteiger partial charge in [-0.05, 0) is 36.8 Å². The Kier molecular flexibility index (Phi) is 4.60. The van der Waals surface area contributed by atoms with Crippen LogP contribution in [-0.4, -0.2) is 20.7 Å². The van der Waals surface area contributed by atoms with E-state index in [9.17, 15) is 9.59 Å². The van der Waals surface area contributed by atoms with Gasteiger partial charge >= 0.3 is 0 Å². The van der Waals surface area contributed by atoms with Crippen LogP contribution in [0.5, 0.6) is 0 Å². The predicted octanol–water partition coefficient (Wildman–Crippen LogP) is 4.83. The molecule has 2 aromatic heterocycles. The molecule has 2 heterocycles. The summed E-state index contributed by atoms with van der Waals surface area (Å²) < 4.78 is 2.20. The zero-order valence-corrected chi connectivity index (χ0v) is 17.8. The molecule has 0 fully saturated rings. The van der Waals surface area contributed by atoms with E-state index in [2.05, 4.69) is 5.10 Å². The molecule has 0 saturated carbocycles. The number of anilines is 2. The second-order valence-electron chi connectivity index (χ2n) is 7.21. The van der Waals surface area contributed by atoms with Gasteiger partial charge in [-0.25, -0.2) is 9.67 Å². The molecule has 152 valence electrons. The molecule has 0 spiro atoms. The standard InChI is InChI=1S/C24H18N4O2S/c1-15-9-3-7-13-19(15)28(24-25-18-12-6-8-14-20(18)31-24)23(30)21-16-10-4-5-11-17(16)22(29)27(2)26-21/h3-14H,1-2H3. The van der Waals surface area contributed by atoms with Crippen LogP contribution in [0.15, 0.2) is 77.6 Å². The van der Waals surface area contributed by atoms with Crippen LogP contribution < -0.4 is 10.5 Å². The van der Waals surface area contributed by atoms with Gasteiger partial charge in [-0.3, -0.25) is 14.5 Å². The van der Waals surface area contributed by atoms with Crippen molar-refractivity contribution in [1.82, 2.24) is 14.8 Å². The lowest BCUT2D eigenvalue weighted by molar-refractivity contribution is 0.0994. The molecule has 0 aliphatic rings. The highest BCUT2D eigenvalue weighted by atomic mass is 32.1. The summed E-state index contributed by atoms with van der Waals surface area (Å²) in [5, 5.41) is 5.88. The van der Waals surface area contributed by atoms with E-state index >= 15 is 0 Å². The van der Waals surface area contributed by atoms with Crippen molar-refractivity contribution in [3.8, 4) is 0 Å². The van der Waals surface area contributed by atoms with Crippen LogP contribution in [0.4, 0.5) is 10.8 Å². The second-order valence-corrected chi connectivity index (χ2v) is 8.22. The summed E-state index contributed by atoms with van der Waals surface area (Å²) in [6, 6.07) is 22.5. The van der Waals surface area contributed by atoms with Crippen molar-refractivity contribution < 1.29 is 4.79 Å². The van der Waals surface area contributed by atoms with E-state index in [1.807, 2.05) is 55.5 Å². The summed E-state index contributed by atoms with van der Waals surface area (Å²) in [6.45, 7) is 1.95. The molecule has 0 unspecified atom stereocenters. The van der Waals surface area contributed by atoms with Crippen LogP contribution in [0.3, 0.4) is 0 Å². The van der Waals surface area contributed by atoms with E-state index in [4.69, 9.17) is 4.98 Å². The van der Waals surface area contributed by atoms with Gasteiger partial charge in [0.2, 0.25) is 0 Å². The molecule has 0 bridgehead atoms. The normalized spacial score (nSPS) is 11.2. The molecule has 5 aromatic rings. The van der Waals surface area contributed by atoms with Crippen molar-refractivity contribution in [1.29, 1.82) is 0 Å². The summed E-state index contributed by atoms with van der Waals surface area (Å²) >= 11 is 1.44. The van der Waals surface area contributed by atoms with E-state index in [-0.39, 0.29) is 17.2 Å². The van der Waals surface area contributed by atoms with Gasteiger partial charge in [-0.15, -0.1) is 0 Å². The minimum Gasteiger partial charge on any atom is -0.267 e. The molecule has 0 radical (unpaired) electrons. The smallest absolute Gasteiger partial charge is 0.267 e. The van der Waals surface area contributed by atoms with Crippen LogP contribution in [0.25, 0.3) is 21.0 Å². The third kappa shape index (κ3) is 3.19. The highest BCUT2D eigenvalue weighted by molar-refractivity contribution is 7.22. The molecule has 5 rings (SSSR count). The molecule has 7 heteroatoms. The first-order chi connectivity index (χ1) is 15.0. The molecule has 0 aliphatic carbocycles. The average molecular weight is 427 g/mol. The summed E-state index contributed by atoms with van der Waals surface area (Å²) in [6.07, 6.45) is 0. The lowest BCUT2D eigenvalue weighted by atomic mass is 10.1. The quantitative estimate of drug-likeness (QED) is 0.414. The van der Waals surface area contributed by atoms with Crippen LogP contribution in [0, 0.1) is 6.92 Å². The molecule has 0 N–H and O–H groups in total. The van der Waals surface area contributed by atoms with Crippen molar-refractivity contribution in [2.75, 3.05) is 4.90 Å². The van der Waals surface area contributed by atoms with Gasteiger partial charge in [-0.1, -0.05) is 59.9 Å². The van der Waals surface area contributed by atoms with Gasteiger partial charge in [0.25, 0.3) is 11.5 Å². The molecule has 1 amide bonds. The number of fused-ring (bicyclic) bond motifs is 2. The number of para-hydroxylation sites is 2.